The number of hydrogen-bond donors (Lipinski definition) is 1. The van der Waals surface area contributed by atoms with Crippen molar-refractivity contribution >= 4 is 22.9 Å². The smallest absolute Gasteiger partial charge is 0.0931 e. The van der Waals surface area contributed by atoms with E-state index >= 15 is 0 Å². The van der Waals surface area contributed by atoms with Crippen molar-refractivity contribution in [2.24, 2.45) is 0 Å². The maximum Gasteiger partial charge on any atom is 0.0931 e. The van der Waals surface area contributed by atoms with Gasteiger partial charge in [0.15, 0.2) is 0 Å². The molecule has 1 aromatic rings. The Balaban J connectivity index is 1.57. The molecule has 2 rings (SSSR count). The van der Waals surface area contributed by atoms with Crippen molar-refractivity contribution in [3.8, 4) is 0 Å². The predicted molar refractivity (Wildman–Crippen MR) is 67.8 cm³/mol. The van der Waals surface area contributed by atoms with Crippen LogP contribution in [0.4, 0.5) is 0 Å². The lowest BCUT2D eigenvalue weighted by Crippen LogP contribution is -2.16. The molecule has 0 atom stereocenters. The number of halogens is 1. The molecular weight excluding hydrogens is 226 g/mol. The normalized spacial score (nSPS) is 16.3. The van der Waals surface area contributed by atoms with E-state index in [-0.39, 0.29) is 0 Å². The van der Waals surface area contributed by atoms with E-state index in [1.54, 1.807) is 11.3 Å². The van der Waals surface area contributed by atoms with Crippen molar-refractivity contribution in [3.05, 3.63) is 33.5 Å². The Hall–Kier alpha value is -0.310. The molecule has 1 saturated carbocycles. The molecule has 1 aliphatic rings. The zero-order valence-electron chi connectivity index (χ0n) is 8.71. The summed E-state index contributed by atoms with van der Waals surface area (Å²) in [5.74, 6) is 0. The van der Waals surface area contributed by atoms with Crippen LogP contribution in [0.3, 0.4) is 0 Å². The summed E-state index contributed by atoms with van der Waals surface area (Å²) >= 11 is 7.51. The summed E-state index contributed by atoms with van der Waals surface area (Å²) in [7, 11) is 0. The molecule has 82 valence electrons. The summed E-state index contributed by atoms with van der Waals surface area (Å²) in [5.41, 5.74) is 0. The SMILES string of the molecule is Clc1ccc(CC=CCCNC2CC2)s1. The molecule has 0 aromatic carbocycles. The van der Waals surface area contributed by atoms with Crippen LogP contribution in [-0.4, -0.2) is 12.6 Å². The highest BCUT2D eigenvalue weighted by Gasteiger charge is 2.19. The van der Waals surface area contributed by atoms with E-state index in [1.807, 2.05) is 6.07 Å². The first-order chi connectivity index (χ1) is 7.34. The predicted octanol–water partition coefficient (Wildman–Crippen LogP) is 3.64. The lowest BCUT2D eigenvalue weighted by Gasteiger charge is -1.97. The fourth-order valence-electron chi connectivity index (χ4n) is 1.44. The van der Waals surface area contributed by atoms with Gasteiger partial charge in [0.25, 0.3) is 0 Å². The van der Waals surface area contributed by atoms with Gasteiger partial charge in [-0.2, -0.15) is 0 Å². The number of nitrogens with one attached hydrogen (secondary N) is 1. The highest BCUT2D eigenvalue weighted by molar-refractivity contribution is 7.16. The van der Waals surface area contributed by atoms with Crippen LogP contribution in [0.5, 0.6) is 0 Å². The van der Waals surface area contributed by atoms with Gasteiger partial charge in [0.05, 0.1) is 4.34 Å². The first-order valence-corrected chi connectivity index (χ1v) is 6.66. The first-order valence-electron chi connectivity index (χ1n) is 5.47. The lowest BCUT2D eigenvalue weighted by molar-refractivity contribution is 0.690. The van der Waals surface area contributed by atoms with Crippen molar-refractivity contribution in [2.75, 3.05) is 6.54 Å². The Labute approximate surface area is 100 Å². The van der Waals surface area contributed by atoms with E-state index in [0.717, 1.165) is 29.8 Å². The third-order valence-electron chi connectivity index (χ3n) is 2.44. The molecule has 1 fully saturated rings. The van der Waals surface area contributed by atoms with E-state index in [0.29, 0.717) is 0 Å². The molecule has 1 N–H and O–H groups in total. The molecule has 0 unspecified atom stereocenters. The van der Waals surface area contributed by atoms with E-state index in [1.165, 1.54) is 17.7 Å². The third kappa shape index (κ3) is 4.37. The van der Waals surface area contributed by atoms with Crippen molar-refractivity contribution < 1.29 is 0 Å². The highest BCUT2D eigenvalue weighted by Crippen LogP contribution is 2.22. The van der Waals surface area contributed by atoms with Crippen LogP contribution in [0.25, 0.3) is 0 Å². The summed E-state index contributed by atoms with van der Waals surface area (Å²) in [6.07, 6.45) is 9.38. The molecule has 0 saturated heterocycles. The van der Waals surface area contributed by atoms with Gasteiger partial charge in [0, 0.05) is 10.9 Å². The van der Waals surface area contributed by atoms with Crippen LogP contribution in [-0.2, 0) is 6.42 Å². The summed E-state index contributed by atoms with van der Waals surface area (Å²) in [4.78, 5) is 1.34. The van der Waals surface area contributed by atoms with Crippen LogP contribution in [0.1, 0.15) is 24.1 Å². The molecule has 0 aliphatic heterocycles. The first kappa shape index (κ1) is 11.2. The van der Waals surface area contributed by atoms with Gasteiger partial charge < -0.3 is 5.32 Å². The number of rotatable bonds is 6. The van der Waals surface area contributed by atoms with Crippen molar-refractivity contribution in [3.63, 3.8) is 0 Å². The fourth-order valence-corrected chi connectivity index (χ4v) is 2.50. The van der Waals surface area contributed by atoms with Gasteiger partial charge in [-0.05, 0) is 44.4 Å². The van der Waals surface area contributed by atoms with Gasteiger partial charge in [-0.1, -0.05) is 23.8 Å². The molecule has 1 aromatic heterocycles. The molecule has 0 spiro atoms. The van der Waals surface area contributed by atoms with Gasteiger partial charge in [0.1, 0.15) is 0 Å². The number of allylic oxidation sites excluding steroid dienone is 1. The molecule has 0 amide bonds. The third-order valence-corrected chi connectivity index (χ3v) is 3.69. The summed E-state index contributed by atoms with van der Waals surface area (Å²) in [6, 6.07) is 4.89. The van der Waals surface area contributed by atoms with Gasteiger partial charge in [-0.15, -0.1) is 11.3 Å². The van der Waals surface area contributed by atoms with E-state index in [9.17, 15) is 0 Å². The Kier molecular flexibility index (Phi) is 4.24. The largest absolute Gasteiger partial charge is 0.314 e. The van der Waals surface area contributed by atoms with Crippen molar-refractivity contribution in [2.45, 2.75) is 31.7 Å². The second kappa shape index (κ2) is 5.69. The topological polar surface area (TPSA) is 12.0 Å². The highest BCUT2D eigenvalue weighted by atomic mass is 35.5. The molecule has 1 heterocycles. The minimum atomic E-state index is 0.828. The van der Waals surface area contributed by atoms with Crippen LogP contribution in [0, 0.1) is 0 Å². The molecule has 1 aliphatic carbocycles. The van der Waals surface area contributed by atoms with Gasteiger partial charge in [-0.3, -0.25) is 0 Å². The van der Waals surface area contributed by atoms with Crippen LogP contribution < -0.4 is 5.32 Å². The Morgan fingerprint density at radius 2 is 2.27 bits per heavy atom. The van der Waals surface area contributed by atoms with Gasteiger partial charge in [0.2, 0.25) is 0 Å². The second-order valence-corrected chi connectivity index (χ2v) is 5.70. The van der Waals surface area contributed by atoms with Gasteiger partial charge in [-0.25, -0.2) is 0 Å². The van der Waals surface area contributed by atoms with Crippen LogP contribution in [0.15, 0.2) is 24.3 Å². The Morgan fingerprint density at radius 3 is 2.93 bits per heavy atom. The van der Waals surface area contributed by atoms with Crippen molar-refractivity contribution in [1.29, 1.82) is 0 Å². The van der Waals surface area contributed by atoms with E-state index in [2.05, 4.69) is 23.5 Å². The zero-order chi connectivity index (χ0) is 10.5. The van der Waals surface area contributed by atoms with E-state index in [4.69, 9.17) is 11.6 Å². The minimum absolute atomic E-state index is 0.828. The molecule has 0 radical (unpaired) electrons. The standard InChI is InChI=1S/C12H16ClNS/c13-12-8-7-11(15-12)4-2-1-3-9-14-10-5-6-10/h1-2,7-8,10,14H,3-6,9H2. The maximum atomic E-state index is 5.85. The second-order valence-electron chi connectivity index (χ2n) is 3.90. The van der Waals surface area contributed by atoms with Crippen molar-refractivity contribution in [1.82, 2.24) is 5.32 Å². The quantitative estimate of drug-likeness (QED) is 0.592. The summed E-state index contributed by atoms with van der Waals surface area (Å²) in [6.45, 7) is 1.12. The number of hydrogen-bond acceptors (Lipinski definition) is 2. The fraction of sp³-hybridized carbons (Fsp3) is 0.500. The average Bonchev–Trinajstić information content (AvgIpc) is 2.95. The average molecular weight is 242 g/mol. The lowest BCUT2D eigenvalue weighted by atomic mass is 10.3. The number of thiophene rings is 1. The molecule has 1 nitrogen and oxygen atoms in total. The molecular formula is C12H16ClNS. The van der Waals surface area contributed by atoms with Gasteiger partial charge >= 0.3 is 0 Å². The molecule has 3 heteroatoms. The minimum Gasteiger partial charge on any atom is -0.314 e. The monoisotopic (exact) mass is 241 g/mol. The summed E-state index contributed by atoms with van der Waals surface area (Å²) < 4.78 is 0.883. The molecule has 0 bridgehead atoms. The zero-order valence-corrected chi connectivity index (χ0v) is 10.3. The van der Waals surface area contributed by atoms with E-state index < -0.39 is 0 Å². The Bertz CT molecular complexity index is 328. The summed E-state index contributed by atoms with van der Waals surface area (Å²) in [5, 5.41) is 3.49. The van der Waals surface area contributed by atoms with Crippen LogP contribution in [0.2, 0.25) is 4.34 Å². The molecule has 15 heavy (non-hydrogen) atoms. The Morgan fingerprint density at radius 1 is 1.40 bits per heavy atom. The van der Waals surface area contributed by atoms with Crippen LogP contribution >= 0.6 is 22.9 Å². The maximum absolute atomic E-state index is 5.85.